The van der Waals surface area contributed by atoms with Crippen molar-refractivity contribution in [3.05, 3.63) is 65.7 Å². The van der Waals surface area contributed by atoms with Gasteiger partial charge in [0.1, 0.15) is 0 Å². The maximum absolute atomic E-state index is 12.7. The number of ether oxygens (including phenoxy) is 1. The zero-order valence-corrected chi connectivity index (χ0v) is 16.7. The molecule has 0 radical (unpaired) electrons. The van der Waals surface area contributed by atoms with E-state index in [4.69, 9.17) is 4.74 Å². The molecule has 0 spiro atoms. The van der Waals surface area contributed by atoms with Crippen LogP contribution in [0, 0.1) is 0 Å². The van der Waals surface area contributed by atoms with Gasteiger partial charge in [-0.15, -0.1) is 0 Å². The van der Waals surface area contributed by atoms with Crippen LogP contribution in [-0.2, 0) is 26.0 Å². The number of sulfonamides is 1. The summed E-state index contributed by atoms with van der Waals surface area (Å²) in [6.07, 6.45) is 0.769. The molecule has 2 aromatic carbocycles. The zero-order chi connectivity index (χ0) is 20.7. The molecule has 154 valence electrons. The summed E-state index contributed by atoms with van der Waals surface area (Å²) in [6.45, 7) is 1.23. The van der Waals surface area contributed by atoms with Gasteiger partial charge in [-0.05, 0) is 30.2 Å². The summed E-state index contributed by atoms with van der Waals surface area (Å²) in [6, 6.07) is 15.3. The van der Waals surface area contributed by atoms with Crippen molar-refractivity contribution < 1.29 is 22.7 Å². The maximum atomic E-state index is 12.7. The van der Waals surface area contributed by atoms with E-state index >= 15 is 0 Å². The molecule has 1 aliphatic heterocycles. The van der Waals surface area contributed by atoms with Crippen molar-refractivity contribution in [2.75, 3.05) is 26.3 Å². The molecule has 0 bridgehead atoms. The Morgan fingerprint density at radius 3 is 2.41 bits per heavy atom. The first-order chi connectivity index (χ1) is 14.0. The van der Waals surface area contributed by atoms with Gasteiger partial charge in [0.2, 0.25) is 15.9 Å². The van der Waals surface area contributed by atoms with Crippen LogP contribution in [0.5, 0.6) is 0 Å². The highest BCUT2D eigenvalue weighted by Crippen LogP contribution is 2.18. The van der Waals surface area contributed by atoms with E-state index in [0.29, 0.717) is 19.6 Å². The van der Waals surface area contributed by atoms with Gasteiger partial charge in [-0.25, -0.2) is 8.42 Å². The summed E-state index contributed by atoms with van der Waals surface area (Å²) in [5.74, 6) is -0.920. The number of morpholine rings is 1. The van der Waals surface area contributed by atoms with Gasteiger partial charge in [0.05, 0.1) is 18.1 Å². The second kappa shape index (κ2) is 9.64. The van der Waals surface area contributed by atoms with Gasteiger partial charge in [-0.3, -0.25) is 20.4 Å². The molecule has 1 heterocycles. The molecule has 1 fully saturated rings. The molecule has 1 saturated heterocycles. The average Bonchev–Trinajstić information content (AvgIpc) is 2.77. The Kier molecular flexibility index (Phi) is 6.97. The Bertz CT molecular complexity index is 957. The summed E-state index contributed by atoms with van der Waals surface area (Å²) < 4.78 is 32.0. The normalized spacial score (nSPS) is 14.9. The van der Waals surface area contributed by atoms with Crippen LogP contribution in [0.2, 0.25) is 0 Å². The molecule has 0 aliphatic carbocycles. The molecule has 9 heteroatoms. The standard InChI is InChI=1S/C20H23N3O5S/c24-19(10-9-16-5-2-1-3-6-16)21-22-20(25)17-7-4-8-18(15-17)29(26,27)23-11-13-28-14-12-23/h1-8,15H,9-14H2,(H,21,24)(H,22,25). The number of nitrogens with one attached hydrogen (secondary N) is 2. The minimum Gasteiger partial charge on any atom is -0.379 e. The fourth-order valence-electron chi connectivity index (χ4n) is 2.90. The quantitative estimate of drug-likeness (QED) is 0.685. The van der Waals surface area contributed by atoms with Crippen LogP contribution in [0.4, 0.5) is 0 Å². The fraction of sp³-hybridized carbons (Fsp3) is 0.300. The van der Waals surface area contributed by atoms with Crippen molar-refractivity contribution in [1.82, 2.24) is 15.2 Å². The number of hydrogen-bond donors (Lipinski definition) is 2. The van der Waals surface area contributed by atoms with Crippen LogP contribution < -0.4 is 10.9 Å². The van der Waals surface area contributed by atoms with Crippen molar-refractivity contribution in [1.29, 1.82) is 0 Å². The Morgan fingerprint density at radius 1 is 0.966 bits per heavy atom. The van der Waals surface area contributed by atoms with Gasteiger partial charge in [-0.1, -0.05) is 36.4 Å². The lowest BCUT2D eigenvalue weighted by atomic mass is 10.1. The Labute approximate surface area is 169 Å². The van der Waals surface area contributed by atoms with E-state index in [1.807, 2.05) is 30.3 Å². The number of rotatable bonds is 6. The molecule has 0 saturated carbocycles. The molecule has 0 aromatic heterocycles. The fourth-order valence-corrected chi connectivity index (χ4v) is 4.35. The lowest BCUT2D eigenvalue weighted by Gasteiger charge is -2.26. The Morgan fingerprint density at radius 2 is 1.69 bits per heavy atom. The number of benzene rings is 2. The topological polar surface area (TPSA) is 105 Å². The number of aryl methyl sites for hydroxylation is 1. The lowest BCUT2D eigenvalue weighted by molar-refractivity contribution is -0.121. The van der Waals surface area contributed by atoms with Crippen LogP contribution in [-0.4, -0.2) is 50.8 Å². The average molecular weight is 417 g/mol. The SMILES string of the molecule is O=C(CCc1ccccc1)NNC(=O)c1cccc(S(=O)(=O)N2CCOCC2)c1. The highest BCUT2D eigenvalue weighted by molar-refractivity contribution is 7.89. The molecule has 2 aromatic rings. The minimum absolute atomic E-state index is 0.0301. The second-order valence-electron chi connectivity index (χ2n) is 6.53. The smallest absolute Gasteiger partial charge is 0.269 e. The predicted molar refractivity (Wildman–Crippen MR) is 106 cm³/mol. The van der Waals surface area contributed by atoms with Crippen LogP contribution in [0.15, 0.2) is 59.5 Å². The van der Waals surface area contributed by atoms with E-state index in [-0.39, 0.29) is 35.9 Å². The zero-order valence-electron chi connectivity index (χ0n) is 15.8. The van der Waals surface area contributed by atoms with E-state index in [9.17, 15) is 18.0 Å². The molecule has 8 nitrogen and oxygen atoms in total. The second-order valence-corrected chi connectivity index (χ2v) is 8.47. The first-order valence-corrected chi connectivity index (χ1v) is 10.7. The maximum Gasteiger partial charge on any atom is 0.269 e. The van der Waals surface area contributed by atoms with E-state index in [1.165, 1.54) is 28.6 Å². The predicted octanol–water partition coefficient (Wildman–Crippen LogP) is 1.10. The molecule has 2 N–H and O–H groups in total. The molecular formula is C20H23N3O5S. The lowest BCUT2D eigenvalue weighted by Crippen LogP contribution is -2.42. The molecule has 29 heavy (non-hydrogen) atoms. The third-order valence-corrected chi connectivity index (χ3v) is 6.40. The van der Waals surface area contributed by atoms with Gasteiger partial charge >= 0.3 is 0 Å². The van der Waals surface area contributed by atoms with Crippen LogP contribution in [0.3, 0.4) is 0 Å². The third-order valence-electron chi connectivity index (χ3n) is 4.50. The molecule has 2 amide bonds. The van der Waals surface area contributed by atoms with Crippen molar-refractivity contribution in [2.24, 2.45) is 0 Å². The van der Waals surface area contributed by atoms with Crippen molar-refractivity contribution in [2.45, 2.75) is 17.7 Å². The minimum atomic E-state index is -3.70. The van der Waals surface area contributed by atoms with Crippen molar-refractivity contribution >= 4 is 21.8 Å². The van der Waals surface area contributed by atoms with Crippen LogP contribution in [0.1, 0.15) is 22.3 Å². The number of hydrogen-bond acceptors (Lipinski definition) is 5. The largest absolute Gasteiger partial charge is 0.379 e. The monoisotopic (exact) mass is 417 g/mol. The van der Waals surface area contributed by atoms with E-state index in [0.717, 1.165) is 5.56 Å². The number of nitrogens with zero attached hydrogens (tertiary/aromatic N) is 1. The van der Waals surface area contributed by atoms with Gasteiger partial charge < -0.3 is 4.74 Å². The number of carbonyl (C=O) groups is 2. The molecular weight excluding hydrogens is 394 g/mol. The Hall–Kier alpha value is -2.75. The van der Waals surface area contributed by atoms with E-state index in [2.05, 4.69) is 10.9 Å². The van der Waals surface area contributed by atoms with Gasteiger partial charge in [0.15, 0.2) is 0 Å². The highest BCUT2D eigenvalue weighted by Gasteiger charge is 2.26. The molecule has 1 aliphatic rings. The summed E-state index contributed by atoms with van der Waals surface area (Å²) >= 11 is 0. The van der Waals surface area contributed by atoms with Crippen molar-refractivity contribution in [3.8, 4) is 0 Å². The Balaban J connectivity index is 1.57. The van der Waals surface area contributed by atoms with Gasteiger partial charge in [0, 0.05) is 25.1 Å². The third kappa shape index (κ3) is 5.63. The van der Waals surface area contributed by atoms with E-state index in [1.54, 1.807) is 0 Å². The molecule has 3 rings (SSSR count). The van der Waals surface area contributed by atoms with Crippen LogP contribution >= 0.6 is 0 Å². The summed E-state index contributed by atoms with van der Waals surface area (Å²) in [7, 11) is -3.70. The summed E-state index contributed by atoms with van der Waals surface area (Å²) in [5.41, 5.74) is 5.85. The van der Waals surface area contributed by atoms with Gasteiger partial charge in [0.25, 0.3) is 5.91 Å². The number of hydrazine groups is 1. The first-order valence-electron chi connectivity index (χ1n) is 9.28. The van der Waals surface area contributed by atoms with Gasteiger partial charge in [-0.2, -0.15) is 4.31 Å². The van der Waals surface area contributed by atoms with Crippen molar-refractivity contribution in [3.63, 3.8) is 0 Å². The summed E-state index contributed by atoms with van der Waals surface area (Å²) in [5, 5.41) is 0. The number of amides is 2. The number of carbonyl (C=O) groups excluding carboxylic acids is 2. The molecule has 0 unspecified atom stereocenters. The highest BCUT2D eigenvalue weighted by atomic mass is 32.2. The van der Waals surface area contributed by atoms with E-state index < -0.39 is 15.9 Å². The first kappa shape index (κ1) is 21.0. The summed E-state index contributed by atoms with van der Waals surface area (Å²) in [4.78, 5) is 24.3. The molecule has 0 atom stereocenters. The van der Waals surface area contributed by atoms with Crippen LogP contribution in [0.25, 0.3) is 0 Å².